The van der Waals surface area contributed by atoms with E-state index in [1.807, 2.05) is 41.0 Å². The van der Waals surface area contributed by atoms with Gasteiger partial charge in [-0.2, -0.15) is 0 Å². The molecule has 8 heteroatoms. The monoisotopic (exact) mass is 400 g/mol. The maximum Gasteiger partial charge on any atom is 0.198 e. The third-order valence-electron chi connectivity index (χ3n) is 4.47. The summed E-state index contributed by atoms with van der Waals surface area (Å²) in [7, 11) is 0. The van der Waals surface area contributed by atoms with Crippen LogP contribution < -0.4 is 0 Å². The molecule has 0 saturated heterocycles. The van der Waals surface area contributed by atoms with Crippen LogP contribution >= 0.6 is 11.8 Å². The van der Waals surface area contributed by atoms with Gasteiger partial charge in [-0.25, -0.2) is 9.97 Å². The van der Waals surface area contributed by atoms with Crippen LogP contribution in [0.5, 0.6) is 0 Å². The van der Waals surface area contributed by atoms with Gasteiger partial charge in [0, 0.05) is 23.3 Å². The second-order valence-electron chi connectivity index (χ2n) is 6.51. The molecular weight excluding hydrogens is 384 g/mol. The summed E-state index contributed by atoms with van der Waals surface area (Å²) < 4.78 is 7.58. The van der Waals surface area contributed by atoms with Gasteiger partial charge in [-0.05, 0) is 55.1 Å². The van der Waals surface area contributed by atoms with Crippen LogP contribution in [0.4, 0.5) is 0 Å². The summed E-state index contributed by atoms with van der Waals surface area (Å²) in [6.07, 6.45) is 6.76. The Hall–Kier alpha value is -3.52. The Balaban J connectivity index is 1.60. The summed E-state index contributed by atoms with van der Waals surface area (Å²) in [4.78, 5) is 13.1. The Morgan fingerprint density at radius 1 is 1.07 bits per heavy atom. The Bertz CT molecular complexity index is 1270. The lowest BCUT2D eigenvalue weighted by atomic mass is 10.2. The smallest absolute Gasteiger partial charge is 0.198 e. The fraction of sp³-hybridized carbons (Fsp3) is 0.0952. The molecule has 29 heavy (non-hydrogen) atoms. The number of hydrogen-bond donors (Lipinski definition) is 0. The molecule has 0 saturated carbocycles. The van der Waals surface area contributed by atoms with Crippen LogP contribution in [-0.4, -0.2) is 29.7 Å². The molecular formula is C21H16N6OS. The summed E-state index contributed by atoms with van der Waals surface area (Å²) in [5.41, 5.74) is 2.95. The minimum Gasteiger partial charge on any atom is -0.467 e. The molecule has 0 unspecified atom stereocenters. The largest absolute Gasteiger partial charge is 0.467 e. The first-order valence-electron chi connectivity index (χ1n) is 9.03. The second-order valence-corrected chi connectivity index (χ2v) is 7.47. The van der Waals surface area contributed by atoms with Crippen molar-refractivity contribution in [3.8, 4) is 11.4 Å². The molecule has 0 aliphatic rings. The van der Waals surface area contributed by atoms with E-state index in [1.165, 1.54) is 11.8 Å². The van der Waals surface area contributed by atoms with Crippen molar-refractivity contribution in [1.82, 2.24) is 29.7 Å². The summed E-state index contributed by atoms with van der Waals surface area (Å²) >= 11 is 1.47. The van der Waals surface area contributed by atoms with E-state index >= 15 is 0 Å². The van der Waals surface area contributed by atoms with Crippen molar-refractivity contribution < 1.29 is 4.42 Å². The second kappa shape index (κ2) is 7.48. The van der Waals surface area contributed by atoms with E-state index in [9.17, 15) is 0 Å². The van der Waals surface area contributed by atoms with E-state index in [0.29, 0.717) is 6.54 Å². The molecule has 0 fully saturated rings. The van der Waals surface area contributed by atoms with Crippen molar-refractivity contribution in [1.29, 1.82) is 0 Å². The van der Waals surface area contributed by atoms with Crippen molar-refractivity contribution in [3.05, 3.63) is 78.8 Å². The molecule has 4 aromatic heterocycles. The predicted molar refractivity (Wildman–Crippen MR) is 109 cm³/mol. The van der Waals surface area contributed by atoms with Crippen LogP contribution in [0.3, 0.4) is 0 Å². The fourth-order valence-electron chi connectivity index (χ4n) is 3.09. The van der Waals surface area contributed by atoms with Crippen molar-refractivity contribution in [2.24, 2.45) is 0 Å². The molecule has 0 atom stereocenters. The molecule has 0 N–H and O–H groups in total. The van der Waals surface area contributed by atoms with Crippen molar-refractivity contribution >= 4 is 22.7 Å². The summed E-state index contributed by atoms with van der Waals surface area (Å²) in [5.74, 6) is 1.55. The number of rotatable bonds is 5. The topological polar surface area (TPSA) is 82.5 Å². The highest BCUT2D eigenvalue weighted by atomic mass is 32.2. The van der Waals surface area contributed by atoms with Crippen molar-refractivity contribution in [3.63, 3.8) is 0 Å². The molecule has 4 heterocycles. The standard InChI is InChI=1S/C21H16N6OS/c1-14-6-7-18-17(10-14)20(24-13-23-18)29-21-26-25-19(15-4-2-8-22-11-15)27(21)12-16-5-3-9-28-16/h2-11,13H,12H2,1H3. The number of aromatic nitrogens is 6. The van der Waals surface area contributed by atoms with Crippen LogP contribution in [0.25, 0.3) is 22.3 Å². The molecule has 0 bridgehead atoms. The van der Waals surface area contributed by atoms with Gasteiger partial charge in [-0.15, -0.1) is 10.2 Å². The first-order chi connectivity index (χ1) is 14.3. The van der Waals surface area contributed by atoms with Crippen molar-refractivity contribution in [2.45, 2.75) is 23.7 Å². The zero-order valence-corrected chi connectivity index (χ0v) is 16.4. The molecule has 7 nitrogen and oxygen atoms in total. The van der Waals surface area contributed by atoms with Gasteiger partial charge in [-0.3, -0.25) is 9.55 Å². The van der Waals surface area contributed by atoms with E-state index in [2.05, 4.69) is 38.1 Å². The number of nitrogens with zero attached hydrogens (tertiary/aromatic N) is 6. The van der Waals surface area contributed by atoms with Crippen LogP contribution in [0.1, 0.15) is 11.3 Å². The molecule has 0 radical (unpaired) electrons. The predicted octanol–water partition coefficient (Wildman–Crippen LogP) is 4.38. The maximum atomic E-state index is 5.56. The first-order valence-corrected chi connectivity index (χ1v) is 9.85. The van der Waals surface area contributed by atoms with E-state index in [-0.39, 0.29) is 0 Å². The Labute approximate surface area is 170 Å². The molecule has 0 amide bonds. The average Bonchev–Trinajstić information content (AvgIpc) is 3.40. The van der Waals surface area contributed by atoms with Crippen LogP contribution in [0, 0.1) is 6.92 Å². The molecule has 5 rings (SSSR count). The number of pyridine rings is 1. The van der Waals surface area contributed by atoms with E-state index < -0.39 is 0 Å². The lowest BCUT2D eigenvalue weighted by Gasteiger charge is -2.09. The minimum absolute atomic E-state index is 0.509. The minimum atomic E-state index is 0.509. The van der Waals surface area contributed by atoms with Gasteiger partial charge in [0.1, 0.15) is 17.1 Å². The number of benzene rings is 1. The fourth-order valence-corrected chi connectivity index (χ4v) is 3.98. The van der Waals surface area contributed by atoms with Crippen LogP contribution in [0.15, 0.2) is 82.0 Å². The SMILES string of the molecule is Cc1ccc2ncnc(Sc3nnc(-c4cccnc4)n3Cc3ccco3)c2c1. The number of fused-ring (bicyclic) bond motifs is 1. The summed E-state index contributed by atoms with van der Waals surface area (Å²) in [5, 5.41) is 11.4. The zero-order valence-electron chi connectivity index (χ0n) is 15.6. The highest BCUT2D eigenvalue weighted by Gasteiger charge is 2.18. The summed E-state index contributed by atoms with van der Waals surface area (Å²) in [6, 6.07) is 13.8. The van der Waals surface area contributed by atoms with Gasteiger partial charge in [0.25, 0.3) is 0 Å². The van der Waals surface area contributed by atoms with Crippen molar-refractivity contribution in [2.75, 3.05) is 0 Å². The third-order valence-corrected chi connectivity index (χ3v) is 5.48. The van der Waals surface area contributed by atoms with E-state index in [1.54, 1.807) is 25.0 Å². The van der Waals surface area contributed by atoms with Crippen LogP contribution in [-0.2, 0) is 6.54 Å². The molecule has 0 spiro atoms. The van der Waals surface area contributed by atoms with E-state index in [0.717, 1.165) is 43.8 Å². The molecule has 1 aromatic carbocycles. The third kappa shape index (κ3) is 3.50. The van der Waals surface area contributed by atoms with Gasteiger partial charge in [0.15, 0.2) is 11.0 Å². The highest BCUT2D eigenvalue weighted by Crippen LogP contribution is 2.33. The number of furan rings is 1. The molecule has 5 aromatic rings. The maximum absolute atomic E-state index is 5.56. The lowest BCUT2D eigenvalue weighted by Crippen LogP contribution is -2.03. The van der Waals surface area contributed by atoms with Gasteiger partial charge in [0.2, 0.25) is 0 Å². The summed E-state index contributed by atoms with van der Waals surface area (Å²) in [6.45, 7) is 2.56. The lowest BCUT2D eigenvalue weighted by molar-refractivity contribution is 0.485. The first kappa shape index (κ1) is 17.6. The Morgan fingerprint density at radius 3 is 2.86 bits per heavy atom. The van der Waals surface area contributed by atoms with Gasteiger partial charge < -0.3 is 4.42 Å². The van der Waals surface area contributed by atoms with Crippen LogP contribution in [0.2, 0.25) is 0 Å². The Morgan fingerprint density at radius 2 is 2.03 bits per heavy atom. The molecule has 0 aliphatic carbocycles. The van der Waals surface area contributed by atoms with Gasteiger partial charge in [0.05, 0.1) is 18.3 Å². The highest BCUT2D eigenvalue weighted by molar-refractivity contribution is 7.99. The average molecular weight is 400 g/mol. The van der Waals surface area contributed by atoms with E-state index in [4.69, 9.17) is 4.42 Å². The molecule has 0 aliphatic heterocycles. The number of hydrogen-bond acceptors (Lipinski definition) is 7. The zero-order chi connectivity index (χ0) is 19.6. The quantitative estimate of drug-likeness (QED) is 0.405. The number of aryl methyl sites for hydroxylation is 1. The van der Waals surface area contributed by atoms with Gasteiger partial charge >= 0.3 is 0 Å². The van der Waals surface area contributed by atoms with Gasteiger partial charge in [-0.1, -0.05) is 11.6 Å². The Kier molecular flexibility index (Phi) is 4.53. The normalized spacial score (nSPS) is 11.2. The molecule has 142 valence electrons.